The number of carbonyl (C=O) groups excluding carboxylic acids is 1. The number of carbonyl (C=O) groups is 1. The fourth-order valence-corrected chi connectivity index (χ4v) is 1.46. The topological polar surface area (TPSA) is 26.3 Å². The first-order valence-electron chi connectivity index (χ1n) is 5.08. The lowest BCUT2D eigenvalue weighted by molar-refractivity contribution is -0.142. The molecule has 0 aliphatic heterocycles. The summed E-state index contributed by atoms with van der Waals surface area (Å²) in [5.41, 5.74) is 1.19. The van der Waals surface area contributed by atoms with E-state index in [-0.39, 0.29) is 5.97 Å². The Balaban J connectivity index is 2.34. The van der Waals surface area contributed by atoms with E-state index in [0.717, 1.165) is 6.42 Å². The van der Waals surface area contributed by atoms with Gasteiger partial charge in [-0.3, -0.25) is 4.79 Å². The Morgan fingerprint density at radius 3 is 2.67 bits per heavy atom. The number of esters is 1. The summed E-state index contributed by atoms with van der Waals surface area (Å²) in [6, 6.07) is 9.96. The second-order valence-electron chi connectivity index (χ2n) is 3.24. The van der Waals surface area contributed by atoms with E-state index in [9.17, 15) is 4.79 Å². The first-order chi connectivity index (χ1) is 7.24. The predicted molar refractivity (Wildman–Crippen MR) is 61.0 cm³/mol. The van der Waals surface area contributed by atoms with Gasteiger partial charge in [-0.15, -0.1) is 11.6 Å². The van der Waals surface area contributed by atoms with Gasteiger partial charge in [-0.05, 0) is 25.3 Å². The number of hydrogen-bond acceptors (Lipinski definition) is 2. The highest BCUT2D eigenvalue weighted by molar-refractivity contribution is 6.29. The van der Waals surface area contributed by atoms with Crippen molar-refractivity contribution < 1.29 is 9.53 Å². The van der Waals surface area contributed by atoms with Crippen LogP contribution in [0, 0.1) is 0 Å². The summed E-state index contributed by atoms with van der Waals surface area (Å²) in [7, 11) is 0. The molecule has 1 aromatic carbocycles. The lowest BCUT2D eigenvalue weighted by Gasteiger charge is -2.08. The van der Waals surface area contributed by atoms with Crippen molar-refractivity contribution in [3.63, 3.8) is 0 Å². The van der Waals surface area contributed by atoms with Gasteiger partial charge in [0.15, 0.2) is 0 Å². The van der Waals surface area contributed by atoms with E-state index in [0.29, 0.717) is 13.0 Å². The van der Waals surface area contributed by atoms with Gasteiger partial charge in [0.1, 0.15) is 5.38 Å². The molecule has 0 aromatic heterocycles. The molecule has 1 aromatic rings. The SMILES string of the molecule is CCOC(=O)C(Cl)CCc1ccccc1. The van der Waals surface area contributed by atoms with Crippen molar-refractivity contribution in [2.24, 2.45) is 0 Å². The van der Waals surface area contributed by atoms with Crippen LogP contribution in [0.3, 0.4) is 0 Å². The van der Waals surface area contributed by atoms with Crippen molar-refractivity contribution >= 4 is 17.6 Å². The Morgan fingerprint density at radius 2 is 2.07 bits per heavy atom. The second-order valence-corrected chi connectivity index (χ2v) is 3.77. The van der Waals surface area contributed by atoms with Crippen LogP contribution < -0.4 is 0 Å². The standard InChI is InChI=1S/C12H15ClO2/c1-2-15-12(14)11(13)9-8-10-6-4-3-5-7-10/h3-7,11H,2,8-9H2,1H3. The zero-order valence-electron chi connectivity index (χ0n) is 8.78. The maximum absolute atomic E-state index is 11.2. The third kappa shape index (κ3) is 4.34. The van der Waals surface area contributed by atoms with Gasteiger partial charge in [-0.25, -0.2) is 0 Å². The fourth-order valence-electron chi connectivity index (χ4n) is 1.29. The monoisotopic (exact) mass is 226 g/mol. The molecule has 1 rings (SSSR count). The third-order valence-electron chi connectivity index (χ3n) is 2.07. The number of alkyl halides is 1. The molecule has 2 nitrogen and oxygen atoms in total. The maximum atomic E-state index is 11.2. The van der Waals surface area contributed by atoms with Crippen molar-refractivity contribution in [2.75, 3.05) is 6.61 Å². The summed E-state index contributed by atoms with van der Waals surface area (Å²) < 4.78 is 4.82. The van der Waals surface area contributed by atoms with Crippen LogP contribution in [0.4, 0.5) is 0 Å². The van der Waals surface area contributed by atoms with Crippen LogP contribution in [-0.4, -0.2) is 18.0 Å². The third-order valence-corrected chi connectivity index (χ3v) is 2.47. The number of aryl methyl sites for hydroxylation is 1. The quantitative estimate of drug-likeness (QED) is 0.570. The minimum Gasteiger partial charge on any atom is -0.465 e. The van der Waals surface area contributed by atoms with E-state index < -0.39 is 5.38 Å². The zero-order chi connectivity index (χ0) is 11.1. The van der Waals surface area contributed by atoms with Gasteiger partial charge >= 0.3 is 5.97 Å². The Labute approximate surface area is 95.2 Å². The molecule has 0 bridgehead atoms. The highest BCUT2D eigenvalue weighted by atomic mass is 35.5. The van der Waals surface area contributed by atoms with Crippen LogP contribution in [0.2, 0.25) is 0 Å². The average Bonchev–Trinajstić information content (AvgIpc) is 2.27. The summed E-state index contributed by atoms with van der Waals surface area (Å²) in [4.78, 5) is 11.2. The molecule has 0 radical (unpaired) electrons. The number of benzene rings is 1. The Bertz CT molecular complexity index is 298. The van der Waals surface area contributed by atoms with Gasteiger partial charge in [0, 0.05) is 0 Å². The normalized spacial score (nSPS) is 12.1. The van der Waals surface area contributed by atoms with Gasteiger partial charge < -0.3 is 4.74 Å². The first-order valence-corrected chi connectivity index (χ1v) is 5.52. The lowest BCUT2D eigenvalue weighted by atomic mass is 10.1. The predicted octanol–water partition coefficient (Wildman–Crippen LogP) is 2.79. The van der Waals surface area contributed by atoms with Crippen LogP contribution in [0.1, 0.15) is 18.9 Å². The molecule has 0 fully saturated rings. The van der Waals surface area contributed by atoms with Crippen molar-refractivity contribution in [3.05, 3.63) is 35.9 Å². The molecular formula is C12H15ClO2. The zero-order valence-corrected chi connectivity index (χ0v) is 9.54. The van der Waals surface area contributed by atoms with Gasteiger partial charge in [-0.1, -0.05) is 30.3 Å². The van der Waals surface area contributed by atoms with Crippen LogP contribution in [-0.2, 0) is 16.0 Å². The molecule has 0 saturated carbocycles. The van der Waals surface area contributed by atoms with E-state index in [1.165, 1.54) is 5.56 Å². The Hall–Kier alpha value is -1.02. The van der Waals surface area contributed by atoms with Crippen LogP contribution in [0.15, 0.2) is 30.3 Å². The summed E-state index contributed by atoms with van der Waals surface area (Å²) in [6.45, 7) is 2.16. The average molecular weight is 227 g/mol. The van der Waals surface area contributed by atoms with E-state index in [1.807, 2.05) is 30.3 Å². The van der Waals surface area contributed by atoms with Crippen LogP contribution in [0.25, 0.3) is 0 Å². The summed E-state index contributed by atoms with van der Waals surface area (Å²) in [5, 5.41) is -0.537. The molecule has 0 heterocycles. The molecule has 15 heavy (non-hydrogen) atoms. The van der Waals surface area contributed by atoms with Gasteiger partial charge in [0.2, 0.25) is 0 Å². The molecule has 0 spiro atoms. The van der Waals surface area contributed by atoms with Crippen molar-refractivity contribution in [2.45, 2.75) is 25.1 Å². The first kappa shape index (κ1) is 12.1. The molecule has 0 saturated heterocycles. The highest BCUT2D eigenvalue weighted by Crippen LogP contribution is 2.10. The fraction of sp³-hybridized carbons (Fsp3) is 0.417. The summed E-state index contributed by atoms with van der Waals surface area (Å²) in [6.07, 6.45) is 1.41. The smallest absolute Gasteiger partial charge is 0.324 e. The number of hydrogen-bond donors (Lipinski definition) is 0. The molecule has 0 amide bonds. The minimum atomic E-state index is -0.537. The molecule has 1 unspecified atom stereocenters. The van der Waals surface area contributed by atoms with E-state index in [1.54, 1.807) is 6.92 Å². The molecule has 0 aliphatic rings. The minimum absolute atomic E-state index is 0.324. The van der Waals surface area contributed by atoms with E-state index in [2.05, 4.69) is 0 Å². The van der Waals surface area contributed by atoms with Crippen molar-refractivity contribution in [1.29, 1.82) is 0 Å². The summed E-state index contributed by atoms with van der Waals surface area (Å²) >= 11 is 5.89. The van der Waals surface area contributed by atoms with Crippen molar-refractivity contribution in [3.8, 4) is 0 Å². The van der Waals surface area contributed by atoms with E-state index in [4.69, 9.17) is 16.3 Å². The molecular weight excluding hydrogens is 212 g/mol. The molecule has 3 heteroatoms. The second kappa shape index (κ2) is 6.46. The maximum Gasteiger partial charge on any atom is 0.324 e. The highest BCUT2D eigenvalue weighted by Gasteiger charge is 2.15. The van der Waals surface area contributed by atoms with Crippen LogP contribution in [0.5, 0.6) is 0 Å². The number of rotatable bonds is 5. The molecule has 0 N–H and O–H groups in total. The Kier molecular flexibility index (Phi) is 5.19. The van der Waals surface area contributed by atoms with Crippen LogP contribution >= 0.6 is 11.6 Å². The van der Waals surface area contributed by atoms with Gasteiger partial charge in [-0.2, -0.15) is 0 Å². The largest absolute Gasteiger partial charge is 0.465 e. The number of ether oxygens (including phenoxy) is 1. The lowest BCUT2D eigenvalue weighted by Crippen LogP contribution is -2.18. The number of halogens is 1. The summed E-state index contributed by atoms with van der Waals surface area (Å²) in [5.74, 6) is -0.324. The van der Waals surface area contributed by atoms with Crippen molar-refractivity contribution in [1.82, 2.24) is 0 Å². The molecule has 0 aliphatic carbocycles. The molecule has 82 valence electrons. The Morgan fingerprint density at radius 1 is 1.40 bits per heavy atom. The van der Waals surface area contributed by atoms with E-state index >= 15 is 0 Å². The van der Waals surface area contributed by atoms with Gasteiger partial charge in [0.25, 0.3) is 0 Å². The molecule has 1 atom stereocenters. The van der Waals surface area contributed by atoms with Gasteiger partial charge in [0.05, 0.1) is 6.61 Å².